The summed E-state index contributed by atoms with van der Waals surface area (Å²) >= 11 is 5.62. The fourth-order valence-corrected chi connectivity index (χ4v) is 3.04. The number of allylic oxidation sites excluding steroid dienone is 2. The normalized spacial score (nSPS) is 14.3. The standard InChI is InChI=1S/C19H17ClF3N5O2/c1-9-5-6-26-16(29)15(9)12-4-3-11(19(21,22)23)8-13(12)30-17-10(2)7-14(24)28(27-17)18(20)25/h3-5,7-8,24-26,29H,6H2,1-2H3. The highest BCUT2D eigenvalue weighted by Crippen LogP contribution is 2.40. The first-order valence-corrected chi connectivity index (χ1v) is 9.00. The molecule has 1 aromatic carbocycles. The van der Waals surface area contributed by atoms with Crippen molar-refractivity contribution in [2.24, 2.45) is 0 Å². The zero-order chi connectivity index (χ0) is 22.2. The molecule has 158 valence electrons. The Morgan fingerprint density at radius 3 is 2.60 bits per heavy atom. The van der Waals surface area contributed by atoms with E-state index in [9.17, 15) is 18.3 Å². The van der Waals surface area contributed by atoms with Crippen LogP contribution in [0.15, 0.2) is 41.8 Å². The van der Waals surface area contributed by atoms with Crippen LogP contribution in [0.25, 0.3) is 5.57 Å². The third-order valence-corrected chi connectivity index (χ3v) is 4.55. The molecule has 0 amide bonds. The van der Waals surface area contributed by atoms with Crippen molar-refractivity contribution in [2.75, 3.05) is 6.54 Å². The van der Waals surface area contributed by atoms with Gasteiger partial charge in [0.1, 0.15) is 11.2 Å². The summed E-state index contributed by atoms with van der Waals surface area (Å²) in [5, 5.41) is 31.7. The number of aryl methyl sites for hydroxylation is 1. The van der Waals surface area contributed by atoms with Gasteiger partial charge in [0, 0.05) is 23.2 Å². The van der Waals surface area contributed by atoms with Gasteiger partial charge in [-0.2, -0.15) is 17.9 Å². The van der Waals surface area contributed by atoms with Crippen LogP contribution in [0.2, 0.25) is 0 Å². The van der Waals surface area contributed by atoms with Crippen LogP contribution in [0.3, 0.4) is 0 Å². The van der Waals surface area contributed by atoms with Gasteiger partial charge in [-0.15, -0.1) is 5.10 Å². The fraction of sp³-hybridized carbons (Fsp3) is 0.211. The molecule has 0 atom stereocenters. The second kappa shape index (κ2) is 7.86. The van der Waals surface area contributed by atoms with E-state index < -0.39 is 17.0 Å². The molecule has 1 aliphatic rings. The van der Waals surface area contributed by atoms with Crippen molar-refractivity contribution in [1.82, 2.24) is 15.1 Å². The minimum atomic E-state index is -4.62. The molecular weight excluding hydrogens is 423 g/mol. The van der Waals surface area contributed by atoms with E-state index in [0.29, 0.717) is 17.7 Å². The third kappa shape index (κ3) is 4.18. The number of hydrogen-bond donors (Lipinski definition) is 4. The minimum absolute atomic E-state index is 0.137. The lowest BCUT2D eigenvalue weighted by atomic mass is 9.95. The van der Waals surface area contributed by atoms with Crippen LogP contribution in [0, 0.1) is 17.7 Å². The van der Waals surface area contributed by atoms with Gasteiger partial charge in [0.15, 0.2) is 5.88 Å². The number of halogens is 4. The lowest BCUT2D eigenvalue weighted by Gasteiger charge is -2.21. The van der Waals surface area contributed by atoms with E-state index in [0.717, 1.165) is 16.8 Å². The van der Waals surface area contributed by atoms with Crippen LogP contribution >= 0.6 is 11.6 Å². The van der Waals surface area contributed by atoms with E-state index in [2.05, 4.69) is 10.4 Å². The molecule has 2 aromatic rings. The molecule has 7 nitrogen and oxygen atoms in total. The first-order valence-electron chi connectivity index (χ1n) is 8.62. The van der Waals surface area contributed by atoms with E-state index in [4.69, 9.17) is 27.2 Å². The van der Waals surface area contributed by atoms with Crippen LogP contribution < -0.4 is 15.5 Å². The zero-order valence-corrected chi connectivity index (χ0v) is 16.6. The topological polar surface area (TPSA) is 107 Å². The highest BCUT2D eigenvalue weighted by atomic mass is 35.5. The number of rotatable bonds is 3. The molecule has 0 bridgehead atoms. The highest BCUT2D eigenvalue weighted by Gasteiger charge is 2.32. The molecule has 0 unspecified atom stereocenters. The van der Waals surface area contributed by atoms with Crippen LogP contribution in [0.1, 0.15) is 23.6 Å². The number of aromatic nitrogens is 2. The van der Waals surface area contributed by atoms with Crippen molar-refractivity contribution in [3.05, 3.63) is 64.0 Å². The Hall–Kier alpha value is -3.27. The summed E-state index contributed by atoms with van der Waals surface area (Å²) in [6.07, 6.45) is -2.84. The number of nitrogens with zero attached hydrogens (tertiary/aromatic N) is 2. The van der Waals surface area contributed by atoms with Crippen molar-refractivity contribution in [1.29, 1.82) is 10.8 Å². The SMILES string of the molecule is CC1=CCNC(O)=C1c1ccc(C(F)(F)F)cc1Oc1nn(C(=N)Cl)c(=N)cc1C. The maximum atomic E-state index is 13.3. The Balaban J connectivity index is 2.20. The smallest absolute Gasteiger partial charge is 0.416 e. The maximum absolute atomic E-state index is 13.3. The molecule has 1 aromatic heterocycles. The maximum Gasteiger partial charge on any atom is 0.416 e. The molecule has 0 saturated carbocycles. The summed E-state index contributed by atoms with van der Waals surface area (Å²) in [5.41, 5.74) is 0.367. The Bertz CT molecular complexity index is 1150. The molecule has 3 rings (SSSR count). The third-order valence-electron chi connectivity index (χ3n) is 4.39. The molecule has 0 fully saturated rings. The van der Waals surface area contributed by atoms with Gasteiger partial charge in [0.25, 0.3) is 0 Å². The van der Waals surface area contributed by atoms with Crippen LogP contribution in [-0.2, 0) is 6.18 Å². The summed E-state index contributed by atoms with van der Waals surface area (Å²) in [7, 11) is 0. The summed E-state index contributed by atoms with van der Waals surface area (Å²) in [6.45, 7) is 3.65. The predicted octanol–water partition coefficient (Wildman–Crippen LogP) is 4.28. The average Bonchev–Trinajstić information content (AvgIpc) is 2.63. The number of ether oxygens (including phenoxy) is 1. The molecule has 0 saturated heterocycles. The molecule has 2 heterocycles. The molecule has 0 aliphatic carbocycles. The number of hydrogen-bond acceptors (Lipinski definition) is 6. The first-order chi connectivity index (χ1) is 14.0. The van der Waals surface area contributed by atoms with Crippen molar-refractivity contribution < 1.29 is 23.0 Å². The first kappa shape index (κ1) is 21.4. The quantitative estimate of drug-likeness (QED) is 0.423. The van der Waals surface area contributed by atoms with Gasteiger partial charge in [0.2, 0.25) is 11.2 Å². The molecule has 1 aliphatic heterocycles. The summed E-state index contributed by atoms with van der Waals surface area (Å²) in [5.74, 6) is -0.533. The van der Waals surface area contributed by atoms with E-state index >= 15 is 0 Å². The van der Waals surface area contributed by atoms with Crippen LogP contribution in [0.4, 0.5) is 13.2 Å². The van der Waals surface area contributed by atoms with E-state index in [1.165, 1.54) is 12.1 Å². The molecule has 0 radical (unpaired) electrons. The number of aliphatic hydroxyl groups excluding tert-OH is 1. The number of aliphatic hydroxyl groups is 1. The summed E-state index contributed by atoms with van der Waals surface area (Å²) < 4.78 is 46.4. The second-order valence-corrected chi connectivity index (χ2v) is 6.88. The molecule has 30 heavy (non-hydrogen) atoms. The second-order valence-electron chi connectivity index (χ2n) is 6.52. The zero-order valence-electron chi connectivity index (χ0n) is 15.9. The van der Waals surface area contributed by atoms with Gasteiger partial charge >= 0.3 is 6.18 Å². The highest BCUT2D eigenvalue weighted by molar-refractivity contribution is 6.64. The molecule has 4 N–H and O–H groups in total. The van der Waals surface area contributed by atoms with Crippen molar-refractivity contribution in [2.45, 2.75) is 20.0 Å². The Labute approximate surface area is 174 Å². The largest absolute Gasteiger partial charge is 0.494 e. The van der Waals surface area contributed by atoms with E-state index in [1.807, 2.05) is 0 Å². The van der Waals surface area contributed by atoms with E-state index in [1.54, 1.807) is 19.9 Å². The lowest BCUT2D eigenvalue weighted by molar-refractivity contribution is -0.137. The monoisotopic (exact) mass is 439 g/mol. The number of alkyl halides is 3. The van der Waals surface area contributed by atoms with Crippen molar-refractivity contribution in [3.8, 4) is 11.6 Å². The Morgan fingerprint density at radius 2 is 2.00 bits per heavy atom. The molecule has 0 spiro atoms. The van der Waals surface area contributed by atoms with Gasteiger partial charge in [-0.05, 0) is 55.3 Å². The predicted molar refractivity (Wildman–Crippen MR) is 105 cm³/mol. The number of nitrogens with one attached hydrogen (secondary N) is 3. The minimum Gasteiger partial charge on any atom is -0.494 e. The summed E-state index contributed by atoms with van der Waals surface area (Å²) in [4.78, 5) is 0. The van der Waals surface area contributed by atoms with Crippen molar-refractivity contribution in [3.63, 3.8) is 0 Å². The number of dihydropyridines is 1. The number of benzene rings is 1. The van der Waals surface area contributed by atoms with Crippen molar-refractivity contribution >= 4 is 22.5 Å². The fourth-order valence-electron chi connectivity index (χ4n) is 2.91. The van der Waals surface area contributed by atoms with E-state index in [-0.39, 0.29) is 34.1 Å². The Morgan fingerprint density at radius 1 is 1.30 bits per heavy atom. The van der Waals surface area contributed by atoms with Crippen LogP contribution in [0.5, 0.6) is 11.6 Å². The van der Waals surface area contributed by atoms with Gasteiger partial charge in [-0.25, -0.2) is 0 Å². The molecule has 11 heteroatoms. The summed E-state index contributed by atoms with van der Waals surface area (Å²) in [6, 6.07) is 4.23. The van der Waals surface area contributed by atoms with Gasteiger partial charge < -0.3 is 15.2 Å². The average molecular weight is 440 g/mol. The Kier molecular flexibility index (Phi) is 5.62. The lowest BCUT2D eigenvalue weighted by Crippen LogP contribution is -2.26. The van der Waals surface area contributed by atoms with Crippen LogP contribution in [-0.4, -0.2) is 26.7 Å². The van der Waals surface area contributed by atoms with Gasteiger partial charge in [-0.1, -0.05) is 6.08 Å². The van der Waals surface area contributed by atoms with Gasteiger partial charge in [0.05, 0.1) is 5.56 Å². The van der Waals surface area contributed by atoms with Gasteiger partial charge in [-0.3, -0.25) is 10.8 Å². The molecular formula is C19H17ClF3N5O2.